The number of pyridine rings is 1. The highest BCUT2D eigenvalue weighted by Gasteiger charge is 2.36. The van der Waals surface area contributed by atoms with Gasteiger partial charge in [-0.05, 0) is 115 Å². The molecule has 3 saturated heterocycles. The molecule has 1 amide bonds. The fourth-order valence-electron chi connectivity index (χ4n) is 10.1. The van der Waals surface area contributed by atoms with Crippen molar-refractivity contribution in [2.45, 2.75) is 47.9 Å². The number of alkyl halides is 3. The number of halogens is 4. The van der Waals surface area contributed by atoms with E-state index in [1.165, 1.54) is 41.1 Å². The molecule has 5 aromatic rings. The lowest BCUT2D eigenvalue weighted by Gasteiger charge is -2.43. The van der Waals surface area contributed by atoms with Crippen LogP contribution in [0.4, 0.5) is 24.5 Å². The summed E-state index contributed by atoms with van der Waals surface area (Å²) >= 11 is 5.91. The van der Waals surface area contributed by atoms with Gasteiger partial charge in [-0.3, -0.25) is 14.6 Å². The van der Waals surface area contributed by atoms with Gasteiger partial charge in [0.1, 0.15) is 17.1 Å². The zero-order chi connectivity index (χ0) is 49.6. The Hall–Kier alpha value is -4.86. The SMILES string of the molecule is CC1(CN2CCNCC2)CCC(c2ccc(Cl)cc2)=C(CN2CCN(c3ccc(C(=O)NS(=O)(=O)c4ccc(NCCCN5CCOCC5)c(SC(F)(F)F)c4)c(Oc4cnc5[nH]ccc5c4)c3)CC2)C1. The molecule has 1 atom stereocenters. The van der Waals surface area contributed by atoms with E-state index in [1.807, 2.05) is 18.2 Å². The number of nitrogens with one attached hydrogen (secondary N) is 4. The first-order chi connectivity index (χ1) is 34.1. The molecular weight excluding hydrogens is 975 g/mol. The van der Waals surface area contributed by atoms with Gasteiger partial charge in [-0.15, -0.1) is 0 Å². The number of piperazine rings is 2. The number of aromatic amines is 1. The molecule has 3 aromatic carbocycles. The van der Waals surface area contributed by atoms with Crippen molar-refractivity contribution >= 4 is 67.3 Å². The smallest absolute Gasteiger partial charge is 0.446 e. The van der Waals surface area contributed by atoms with Crippen LogP contribution in [0.5, 0.6) is 11.5 Å². The number of carbonyl (C=O) groups is 1. The normalized spacial score (nSPS) is 20.1. The van der Waals surface area contributed by atoms with E-state index in [0.717, 1.165) is 113 Å². The van der Waals surface area contributed by atoms with E-state index in [2.05, 4.69) is 64.0 Å². The summed E-state index contributed by atoms with van der Waals surface area (Å²) in [5, 5.41) is 8.01. The highest BCUT2D eigenvalue weighted by Crippen LogP contribution is 2.45. The van der Waals surface area contributed by atoms with Crippen molar-refractivity contribution in [3.63, 3.8) is 0 Å². The monoisotopic (exact) mass is 1040 g/mol. The number of thioether (sulfide) groups is 1. The summed E-state index contributed by atoms with van der Waals surface area (Å²) in [7, 11) is -4.67. The average Bonchev–Trinajstić information content (AvgIpc) is 3.82. The fraction of sp³-hybridized carbons (Fsp3) is 0.451. The lowest BCUT2D eigenvalue weighted by Crippen LogP contribution is -2.49. The third kappa shape index (κ3) is 13.4. The second-order valence-electron chi connectivity index (χ2n) is 19.1. The molecule has 4 aliphatic rings. The van der Waals surface area contributed by atoms with Gasteiger partial charge >= 0.3 is 5.51 Å². The number of aromatic nitrogens is 2. The molecule has 5 heterocycles. The number of rotatable bonds is 17. The van der Waals surface area contributed by atoms with Gasteiger partial charge in [0.25, 0.3) is 15.9 Å². The predicted molar refractivity (Wildman–Crippen MR) is 274 cm³/mol. The van der Waals surface area contributed by atoms with Gasteiger partial charge in [0.2, 0.25) is 0 Å². The molecule has 9 rings (SSSR count). The zero-order valence-electron chi connectivity index (χ0n) is 39.8. The van der Waals surface area contributed by atoms with Gasteiger partial charge in [0.15, 0.2) is 0 Å². The lowest BCUT2D eigenvalue weighted by molar-refractivity contribution is -0.0328. The number of sulfonamides is 1. The molecule has 3 aliphatic heterocycles. The Morgan fingerprint density at radius 1 is 0.930 bits per heavy atom. The van der Waals surface area contributed by atoms with Crippen molar-refractivity contribution in [2.75, 3.05) is 115 Å². The van der Waals surface area contributed by atoms with Crippen LogP contribution in [-0.2, 0) is 14.8 Å². The van der Waals surface area contributed by atoms with E-state index < -0.39 is 38.1 Å². The van der Waals surface area contributed by atoms with Crippen LogP contribution in [0.15, 0.2) is 101 Å². The van der Waals surface area contributed by atoms with E-state index in [-0.39, 0.29) is 27.3 Å². The number of amides is 1. The standard InChI is InChI=1S/C51H61ClF3N9O5S2/c1-50(35-63-19-16-56-17-20-63)13-11-43(36-3-5-39(52)6-4-36)38(32-50)34-62-21-23-64(24-22-62)40-7-9-44(46(30-40)69-41-29-37-12-15-58-48(37)59-33-41)49(65)60-71(66,67)42-8-10-45(47(31-42)70-51(53,54)55)57-14-2-18-61-25-27-68-28-26-61/h3-10,12,15,29-31,33,56-57H,2,11,13-14,16-28,32,34-35H2,1H3,(H,58,59)(H,60,65). The highest BCUT2D eigenvalue weighted by molar-refractivity contribution is 8.00. The Morgan fingerprint density at radius 3 is 2.46 bits per heavy atom. The van der Waals surface area contributed by atoms with E-state index in [9.17, 15) is 26.4 Å². The number of allylic oxidation sites excluding steroid dienone is 1. The van der Waals surface area contributed by atoms with Gasteiger partial charge in [-0.2, -0.15) is 13.2 Å². The lowest BCUT2D eigenvalue weighted by atomic mass is 9.71. The second kappa shape index (κ2) is 22.5. The highest BCUT2D eigenvalue weighted by atomic mass is 35.5. The maximum Gasteiger partial charge on any atom is 0.446 e. The van der Waals surface area contributed by atoms with Gasteiger partial charge in [-0.1, -0.05) is 36.2 Å². The van der Waals surface area contributed by atoms with Crippen LogP contribution in [0.3, 0.4) is 0 Å². The minimum absolute atomic E-state index is 0.0861. The van der Waals surface area contributed by atoms with E-state index in [4.69, 9.17) is 21.1 Å². The van der Waals surface area contributed by atoms with Crippen molar-refractivity contribution in [2.24, 2.45) is 5.41 Å². The van der Waals surface area contributed by atoms with E-state index >= 15 is 0 Å². The summed E-state index contributed by atoms with van der Waals surface area (Å²) in [6.45, 7) is 15.4. The number of carbonyl (C=O) groups excluding carboxylic acids is 1. The Morgan fingerprint density at radius 2 is 1.70 bits per heavy atom. The first kappa shape index (κ1) is 51.1. The Kier molecular flexibility index (Phi) is 16.2. The number of hydrogen-bond donors (Lipinski definition) is 4. The molecular formula is C51H61ClF3N9O5S2. The molecule has 0 spiro atoms. The maximum absolute atomic E-state index is 14.1. The summed E-state index contributed by atoms with van der Waals surface area (Å²) in [6.07, 6.45) is 7.06. The quantitative estimate of drug-likeness (QED) is 0.0522. The van der Waals surface area contributed by atoms with Crippen LogP contribution in [0.2, 0.25) is 5.02 Å². The summed E-state index contributed by atoms with van der Waals surface area (Å²) in [6, 6.07) is 20.2. The molecule has 1 unspecified atom stereocenters. The first-order valence-electron chi connectivity index (χ1n) is 24.3. The summed E-state index contributed by atoms with van der Waals surface area (Å²) in [5.74, 6) is -0.606. The van der Waals surface area contributed by atoms with Gasteiger partial charge in [0, 0.05) is 124 Å². The third-order valence-electron chi connectivity index (χ3n) is 13.8. The van der Waals surface area contributed by atoms with Crippen molar-refractivity contribution in [3.8, 4) is 11.5 Å². The van der Waals surface area contributed by atoms with Crippen molar-refractivity contribution in [3.05, 3.63) is 107 Å². The fourth-order valence-corrected chi connectivity index (χ4v) is 12.0. The molecule has 1 aliphatic carbocycles. The van der Waals surface area contributed by atoms with Crippen LogP contribution >= 0.6 is 23.4 Å². The number of ether oxygens (including phenoxy) is 2. The predicted octanol–water partition coefficient (Wildman–Crippen LogP) is 8.54. The number of hydrogen-bond acceptors (Lipinski definition) is 13. The molecule has 2 aromatic heterocycles. The molecule has 0 radical (unpaired) electrons. The minimum atomic E-state index is -4.70. The van der Waals surface area contributed by atoms with Crippen LogP contribution in [-0.4, -0.2) is 149 Å². The first-order valence-corrected chi connectivity index (χ1v) is 27.0. The van der Waals surface area contributed by atoms with Gasteiger partial charge in [-0.25, -0.2) is 18.1 Å². The van der Waals surface area contributed by atoms with Gasteiger partial charge < -0.3 is 34.9 Å². The molecule has 4 N–H and O–H groups in total. The molecule has 0 saturated carbocycles. The number of morpholine rings is 1. The molecule has 20 heteroatoms. The van der Waals surface area contributed by atoms with Crippen LogP contribution < -0.4 is 25.0 Å². The van der Waals surface area contributed by atoms with Crippen molar-refractivity contribution < 1.29 is 35.9 Å². The topological polar surface area (TPSA) is 147 Å². The molecule has 71 heavy (non-hydrogen) atoms. The number of H-pyrrole nitrogens is 1. The average molecular weight is 1040 g/mol. The van der Waals surface area contributed by atoms with Crippen LogP contribution in [0.25, 0.3) is 16.6 Å². The van der Waals surface area contributed by atoms with Crippen LogP contribution in [0.1, 0.15) is 48.5 Å². The van der Waals surface area contributed by atoms with E-state index in [1.54, 1.807) is 24.4 Å². The minimum Gasteiger partial charge on any atom is -0.455 e. The zero-order valence-corrected chi connectivity index (χ0v) is 42.2. The summed E-state index contributed by atoms with van der Waals surface area (Å²) in [5.41, 5.74) is 1.03. The summed E-state index contributed by atoms with van der Waals surface area (Å²) in [4.78, 5) is 30.3. The van der Waals surface area contributed by atoms with Crippen molar-refractivity contribution in [1.29, 1.82) is 0 Å². The van der Waals surface area contributed by atoms with Gasteiger partial charge in [0.05, 0.1) is 29.9 Å². The Balaban J connectivity index is 0.912. The second-order valence-corrected chi connectivity index (χ2v) is 22.3. The Bertz CT molecular complexity index is 2800. The molecule has 3 fully saturated rings. The molecule has 0 bridgehead atoms. The number of nitrogens with zero attached hydrogens (tertiary/aromatic N) is 5. The van der Waals surface area contributed by atoms with Crippen LogP contribution in [0, 0.1) is 5.41 Å². The number of anilines is 2. The third-order valence-corrected chi connectivity index (χ3v) is 16.2. The summed E-state index contributed by atoms with van der Waals surface area (Å²) < 4.78 is 83.0. The van der Waals surface area contributed by atoms with E-state index in [0.29, 0.717) is 50.7 Å². The van der Waals surface area contributed by atoms with Crippen molar-refractivity contribution in [1.82, 2.24) is 34.7 Å². The number of benzene rings is 3. The largest absolute Gasteiger partial charge is 0.455 e. The number of fused-ring (bicyclic) bond motifs is 1. The maximum atomic E-state index is 14.1. The molecule has 380 valence electrons. The molecule has 14 nitrogen and oxygen atoms in total. The Labute approximate surface area is 422 Å².